The van der Waals surface area contributed by atoms with Crippen molar-refractivity contribution in [1.29, 1.82) is 0 Å². The molecule has 4 aromatic heterocycles. The molecular weight excluding hydrogens is 405 g/mol. The van der Waals surface area contributed by atoms with Gasteiger partial charge in [-0.25, -0.2) is 4.68 Å². The molecule has 0 fully saturated rings. The van der Waals surface area contributed by atoms with E-state index in [0.717, 1.165) is 6.20 Å². The first-order valence-corrected chi connectivity index (χ1v) is 8.48. The molecular formula is C17H13F3N8O2. The molecule has 0 aliphatic heterocycles. The first kappa shape index (κ1) is 19.3. The van der Waals surface area contributed by atoms with Crippen LogP contribution < -0.4 is 10.1 Å². The maximum absolute atomic E-state index is 13.7. The zero-order chi connectivity index (χ0) is 21.3. The van der Waals surface area contributed by atoms with Crippen molar-refractivity contribution in [2.75, 3.05) is 7.11 Å². The minimum Gasteiger partial charge on any atom is -0.480 e. The van der Waals surface area contributed by atoms with E-state index in [1.54, 1.807) is 28.8 Å². The minimum absolute atomic E-state index is 0.123. The van der Waals surface area contributed by atoms with Crippen molar-refractivity contribution in [2.24, 2.45) is 0 Å². The second-order valence-corrected chi connectivity index (χ2v) is 5.98. The number of amides is 1. The lowest BCUT2D eigenvalue weighted by Crippen LogP contribution is -2.27. The number of hydrogen-bond acceptors (Lipinski definition) is 7. The molecule has 13 heteroatoms. The van der Waals surface area contributed by atoms with Crippen LogP contribution in [0.5, 0.6) is 5.88 Å². The van der Waals surface area contributed by atoms with Gasteiger partial charge < -0.3 is 10.1 Å². The number of ether oxygens (including phenoxy) is 1. The predicted octanol–water partition coefficient (Wildman–Crippen LogP) is 1.66. The van der Waals surface area contributed by atoms with Crippen LogP contribution in [0.15, 0.2) is 42.7 Å². The summed E-state index contributed by atoms with van der Waals surface area (Å²) < 4.78 is 48.1. The van der Waals surface area contributed by atoms with Gasteiger partial charge in [0.15, 0.2) is 23.0 Å². The number of nitrogens with one attached hydrogen (secondary N) is 1. The first-order chi connectivity index (χ1) is 14.4. The molecule has 0 spiro atoms. The van der Waals surface area contributed by atoms with Gasteiger partial charge in [-0.2, -0.15) is 18.3 Å². The fraction of sp³-hybridized carbons (Fsp3) is 0.176. The zero-order valence-corrected chi connectivity index (χ0v) is 15.3. The van der Waals surface area contributed by atoms with Crippen LogP contribution in [0.3, 0.4) is 0 Å². The van der Waals surface area contributed by atoms with Crippen molar-refractivity contribution in [3.05, 3.63) is 59.8 Å². The fourth-order valence-corrected chi connectivity index (χ4v) is 2.76. The van der Waals surface area contributed by atoms with Gasteiger partial charge in [0.05, 0.1) is 25.4 Å². The number of alkyl halides is 3. The lowest BCUT2D eigenvalue weighted by molar-refractivity contribution is -0.143. The van der Waals surface area contributed by atoms with Gasteiger partial charge in [0.2, 0.25) is 5.88 Å². The molecule has 4 heterocycles. The monoisotopic (exact) mass is 418 g/mol. The van der Waals surface area contributed by atoms with Gasteiger partial charge in [0.25, 0.3) is 5.91 Å². The standard InChI is InChI=1S/C17H13F3N8O2/c1-30-14-6-5-12(24-26-14)28-15(17(18,19)20)10(8-22-28)16(29)21-9-13-25-23-11-4-2-3-7-27(11)13/h2-8H,9H2,1H3,(H,21,29). The van der Waals surface area contributed by atoms with Crippen LogP contribution in [0.1, 0.15) is 21.9 Å². The Balaban J connectivity index is 1.63. The number of methoxy groups -OCH3 is 1. The highest BCUT2D eigenvalue weighted by molar-refractivity contribution is 5.95. The van der Waals surface area contributed by atoms with E-state index >= 15 is 0 Å². The number of carbonyl (C=O) groups excluding carboxylic acids is 1. The van der Waals surface area contributed by atoms with Crippen molar-refractivity contribution >= 4 is 11.6 Å². The highest BCUT2D eigenvalue weighted by atomic mass is 19.4. The first-order valence-electron chi connectivity index (χ1n) is 8.48. The van der Waals surface area contributed by atoms with Crippen molar-refractivity contribution in [1.82, 2.24) is 39.9 Å². The number of pyridine rings is 1. The molecule has 0 atom stereocenters. The Morgan fingerprint density at radius 1 is 1.13 bits per heavy atom. The summed E-state index contributed by atoms with van der Waals surface area (Å²) in [7, 11) is 1.35. The SMILES string of the molecule is COc1ccc(-n2ncc(C(=O)NCc3nnc4ccccn34)c2C(F)(F)F)nn1. The van der Waals surface area contributed by atoms with E-state index in [2.05, 4.69) is 30.8 Å². The number of carbonyl (C=O) groups is 1. The molecule has 0 saturated heterocycles. The van der Waals surface area contributed by atoms with Gasteiger partial charge in [0, 0.05) is 12.3 Å². The van der Waals surface area contributed by atoms with E-state index in [9.17, 15) is 18.0 Å². The van der Waals surface area contributed by atoms with Crippen LogP contribution in [-0.4, -0.2) is 47.6 Å². The zero-order valence-electron chi connectivity index (χ0n) is 15.3. The third-order valence-electron chi connectivity index (χ3n) is 4.13. The summed E-state index contributed by atoms with van der Waals surface area (Å²) in [6.07, 6.45) is -2.36. The third-order valence-corrected chi connectivity index (χ3v) is 4.13. The number of aromatic nitrogens is 7. The van der Waals surface area contributed by atoms with Crippen LogP contribution >= 0.6 is 0 Å². The molecule has 4 rings (SSSR count). The maximum Gasteiger partial charge on any atom is 0.434 e. The van der Waals surface area contributed by atoms with Gasteiger partial charge in [-0.3, -0.25) is 9.20 Å². The Morgan fingerprint density at radius 2 is 1.97 bits per heavy atom. The topological polar surface area (TPSA) is 112 Å². The molecule has 0 aromatic carbocycles. The third kappa shape index (κ3) is 3.52. The summed E-state index contributed by atoms with van der Waals surface area (Å²) in [5.74, 6) is -0.702. The number of halogens is 3. The van der Waals surface area contributed by atoms with Crippen LogP contribution in [-0.2, 0) is 12.7 Å². The fourth-order valence-electron chi connectivity index (χ4n) is 2.76. The molecule has 0 bridgehead atoms. The highest BCUT2D eigenvalue weighted by Crippen LogP contribution is 2.33. The van der Waals surface area contributed by atoms with E-state index in [0.29, 0.717) is 16.2 Å². The van der Waals surface area contributed by atoms with Crippen molar-refractivity contribution in [3.8, 4) is 11.7 Å². The van der Waals surface area contributed by atoms with Gasteiger partial charge in [-0.15, -0.1) is 20.4 Å². The van der Waals surface area contributed by atoms with Crippen molar-refractivity contribution < 1.29 is 22.7 Å². The number of nitrogens with zero attached hydrogens (tertiary/aromatic N) is 7. The second kappa shape index (κ2) is 7.42. The Hall–Kier alpha value is -4.03. The lowest BCUT2D eigenvalue weighted by atomic mass is 10.2. The molecule has 0 aliphatic rings. The average Bonchev–Trinajstić information content (AvgIpc) is 3.37. The Bertz CT molecular complexity index is 1200. The molecule has 0 saturated carbocycles. The molecule has 30 heavy (non-hydrogen) atoms. The molecule has 1 amide bonds. The Kier molecular flexibility index (Phi) is 4.77. The predicted molar refractivity (Wildman–Crippen MR) is 94.9 cm³/mol. The largest absolute Gasteiger partial charge is 0.480 e. The van der Waals surface area contributed by atoms with Crippen LogP contribution in [0, 0.1) is 0 Å². The molecule has 0 radical (unpaired) electrons. The highest BCUT2D eigenvalue weighted by Gasteiger charge is 2.41. The van der Waals surface area contributed by atoms with E-state index in [-0.39, 0.29) is 18.2 Å². The summed E-state index contributed by atoms with van der Waals surface area (Å²) in [4.78, 5) is 12.5. The maximum atomic E-state index is 13.7. The number of hydrogen-bond donors (Lipinski definition) is 1. The van der Waals surface area contributed by atoms with Crippen LogP contribution in [0.2, 0.25) is 0 Å². The summed E-state index contributed by atoms with van der Waals surface area (Å²) in [6, 6.07) is 7.79. The summed E-state index contributed by atoms with van der Waals surface area (Å²) in [6.45, 7) is -0.130. The van der Waals surface area contributed by atoms with Gasteiger partial charge in [-0.05, 0) is 18.2 Å². The quantitative estimate of drug-likeness (QED) is 0.525. The Morgan fingerprint density at radius 3 is 2.67 bits per heavy atom. The van der Waals surface area contributed by atoms with Crippen molar-refractivity contribution in [2.45, 2.75) is 12.7 Å². The van der Waals surface area contributed by atoms with Gasteiger partial charge in [0.1, 0.15) is 0 Å². The van der Waals surface area contributed by atoms with E-state index < -0.39 is 23.3 Å². The molecule has 10 nitrogen and oxygen atoms in total. The second-order valence-electron chi connectivity index (χ2n) is 5.98. The molecule has 0 unspecified atom stereocenters. The Labute approximate surface area is 166 Å². The summed E-state index contributed by atoms with van der Waals surface area (Å²) >= 11 is 0. The van der Waals surface area contributed by atoms with Crippen LogP contribution in [0.4, 0.5) is 13.2 Å². The normalized spacial score (nSPS) is 11.6. The molecule has 0 aliphatic carbocycles. The van der Waals surface area contributed by atoms with E-state index in [4.69, 9.17) is 4.74 Å². The lowest BCUT2D eigenvalue weighted by Gasteiger charge is -2.12. The molecule has 154 valence electrons. The van der Waals surface area contributed by atoms with Gasteiger partial charge >= 0.3 is 6.18 Å². The minimum atomic E-state index is -4.87. The smallest absolute Gasteiger partial charge is 0.434 e. The van der Waals surface area contributed by atoms with Crippen LogP contribution in [0.25, 0.3) is 11.5 Å². The number of fused-ring (bicyclic) bond motifs is 1. The van der Waals surface area contributed by atoms with E-state index in [1.165, 1.54) is 19.2 Å². The van der Waals surface area contributed by atoms with E-state index in [1.807, 2.05) is 0 Å². The summed E-state index contributed by atoms with van der Waals surface area (Å²) in [5.41, 5.74) is -1.39. The summed E-state index contributed by atoms with van der Waals surface area (Å²) in [5, 5.41) is 21.2. The van der Waals surface area contributed by atoms with Gasteiger partial charge in [-0.1, -0.05) is 6.07 Å². The number of rotatable bonds is 5. The van der Waals surface area contributed by atoms with Crippen molar-refractivity contribution in [3.63, 3.8) is 0 Å². The average molecular weight is 418 g/mol. The molecule has 4 aromatic rings. The molecule has 1 N–H and O–H groups in total.